The molecule has 2 fully saturated rings. The maximum absolute atomic E-state index is 6.63. The normalized spacial score (nSPS) is 22.0. The standard InChI is InChI=1S/C17H23ClN2O3.2ClH/c18-14-10-16-15(22-11-23-16)9-13(14)17(12-1-7-21-8-2-12)20-5-3-19-4-6-20;;/h9-10,12,17,19H,1-8,11H2;2*1H/t17-;;/m1../s1. The fourth-order valence-corrected chi connectivity index (χ4v) is 4.17. The average Bonchev–Trinajstić information content (AvgIpc) is 3.04. The summed E-state index contributed by atoms with van der Waals surface area (Å²) in [5, 5.41) is 4.22. The minimum Gasteiger partial charge on any atom is -0.454 e. The Bertz CT molecular complexity index is 546. The van der Waals surface area contributed by atoms with Crippen LogP contribution < -0.4 is 14.8 Å². The molecule has 3 aliphatic rings. The number of piperazine rings is 1. The second-order valence-electron chi connectivity index (χ2n) is 6.41. The van der Waals surface area contributed by atoms with Gasteiger partial charge in [-0.3, -0.25) is 4.90 Å². The van der Waals surface area contributed by atoms with Crippen molar-refractivity contribution in [2.24, 2.45) is 5.92 Å². The van der Waals surface area contributed by atoms with Crippen LogP contribution in [0.15, 0.2) is 12.1 Å². The van der Waals surface area contributed by atoms with Gasteiger partial charge in [0.05, 0.1) is 0 Å². The van der Waals surface area contributed by atoms with Crippen LogP contribution in [0, 0.1) is 5.92 Å². The highest BCUT2D eigenvalue weighted by Gasteiger charge is 2.33. The van der Waals surface area contributed by atoms with Crippen LogP contribution in [-0.4, -0.2) is 51.1 Å². The van der Waals surface area contributed by atoms with Crippen molar-refractivity contribution in [3.8, 4) is 11.5 Å². The molecule has 142 valence electrons. The van der Waals surface area contributed by atoms with Gasteiger partial charge in [0.1, 0.15) is 0 Å². The lowest BCUT2D eigenvalue weighted by molar-refractivity contribution is 0.0213. The van der Waals surface area contributed by atoms with Crippen molar-refractivity contribution < 1.29 is 14.2 Å². The molecular weight excluding hydrogens is 387 g/mol. The summed E-state index contributed by atoms with van der Waals surface area (Å²) in [5.74, 6) is 2.14. The number of ether oxygens (including phenoxy) is 3. The van der Waals surface area contributed by atoms with Gasteiger partial charge in [0, 0.05) is 56.5 Å². The van der Waals surface area contributed by atoms with Crippen molar-refractivity contribution in [2.75, 3.05) is 46.2 Å². The first-order valence-corrected chi connectivity index (χ1v) is 8.82. The van der Waals surface area contributed by atoms with Crippen LogP contribution in [0.2, 0.25) is 5.02 Å². The quantitative estimate of drug-likeness (QED) is 0.827. The van der Waals surface area contributed by atoms with Crippen molar-refractivity contribution in [2.45, 2.75) is 18.9 Å². The molecule has 3 heterocycles. The van der Waals surface area contributed by atoms with Crippen LogP contribution in [0.25, 0.3) is 0 Å². The number of nitrogens with zero attached hydrogens (tertiary/aromatic N) is 1. The van der Waals surface area contributed by atoms with E-state index >= 15 is 0 Å². The summed E-state index contributed by atoms with van der Waals surface area (Å²) in [6.45, 7) is 6.12. The van der Waals surface area contributed by atoms with E-state index in [1.807, 2.05) is 6.07 Å². The number of hydrogen-bond donors (Lipinski definition) is 1. The maximum atomic E-state index is 6.63. The predicted octanol–water partition coefficient (Wildman–Crippen LogP) is 3.29. The summed E-state index contributed by atoms with van der Waals surface area (Å²) in [6, 6.07) is 4.32. The molecule has 0 amide bonds. The van der Waals surface area contributed by atoms with Gasteiger partial charge in [0.2, 0.25) is 6.79 Å². The summed E-state index contributed by atoms with van der Waals surface area (Å²) in [4.78, 5) is 2.57. The maximum Gasteiger partial charge on any atom is 0.231 e. The van der Waals surface area contributed by atoms with E-state index in [1.54, 1.807) is 0 Å². The minimum atomic E-state index is 0. The van der Waals surface area contributed by atoms with Gasteiger partial charge in [-0.25, -0.2) is 0 Å². The second kappa shape index (κ2) is 9.49. The molecule has 5 nitrogen and oxygen atoms in total. The molecule has 1 N–H and O–H groups in total. The topological polar surface area (TPSA) is 43.0 Å². The minimum absolute atomic E-state index is 0. The molecule has 8 heteroatoms. The van der Waals surface area contributed by atoms with Gasteiger partial charge in [-0.15, -0.1) is 24.8 Å². The third-order valence-corrected chi connectivity index (χ3v) is 5.40. The molecule has 1 aromatic rings. The fraction of sp³-hybridized carbons (Fsp3) is 0.647. The smallest absolute Gasteiger partial charge is 0.231 e. The van der Waals surface area contributed by atoms with E-state index in [0.717, 1.165) is 68.8 Å². The Balaban J connectivity index is 0.00000113. The third-order valence-electron chi connectivity index (χ3n) is 5.07. The lowest BCUT2D eigenvalue weighted by atomic mass is 9.85. The van der Waals surface area contributed by atoms with Crippen molar-refractivity contribution in [1.82, 2.24) is 10.2 Å². The molecule has 4 rings (SSSR count). The molecular formula is C17H25Cl3N2O3. The van der Waals surface area contributed by atoms with Gasteiger partial charge in [-0.1, -0.05) is 11.6 Å². The van der Waals surface area contributed by atoms with E-state index in [4.69, 9.17) is 25.8 Å². The molecule has 1 aromatic carbocycles. The molecule has 1 atom stereocenters. The van der Waals surface area contributed by atoms with Gasteiger partial charge >= 0.3 is 0 Å². The van der Waals surface area contributed by atoms with Crippen LogP contribution in [0.4, 0.5) is 0 Å². The Morgan fingerprint density at radius 2 is 1.68 bits per heavy atom. The van der Waals surface area contributed by atoms with E-state index in [0.29, 0.717) is 12.0 Å². The Hall–Kier alpha value is -0.430. The lowest BCUT2D eigenvalue weighted by Gasteiger charge is -2.41. The van der Waals surface area contributed by atoms with Crippen LogP contribution in [0.5, 0.6) is 11.5 Å². The highest BCUT2D eigenvalue weighted by Crippen LogP contribution is 2.44. The first kappa shape index (κ1) is 20.9. The summed E-state index contributed by atoms with van der Waals surface area (Å²) in [6.07, 6.45) is 2.17. The van der Waals surface area contributed by atoms with Crippen LogP contribution in [0.3, 0.4) is 0 Å². The van der Waals surface area contributed by atoms with E-state index in [9.17, 15) is 0 Å². The van der Waals surface area contributed by atoms with Crippen LogP contribution in [-0.2, 0) is 4.74 Å². The molecule has 2 saturated heterocycles. The Morgan fingerprint density at radius 3 is 2.36 bits per heavy atom. The van der Waals surface area contributed by atoms with Gasteiger partial charge in [0.15, 0.2) is 11.5 Å². The number of nitrogens with one attached hydrogen (secondary N) is 1. The summed E-state index contributed by atoms with van der Waals surface area (Å²) in [7, 11) is 0. The van der Waals surface area contributed by atoms with Gasteiger partial charge < -0.3 is 19.5 Å². The van der Waals surface area contributed by atoms with Gasteiger partial charge in [0.25, 0.3) is 0 Å². The Labute approximate surface area is 166 Å². The largest absolute Gasteiger partial charge is 0.454 e. The summed E-state index contributed by atoms with van der Waals surface area (Å²) < 4.78 is 16.6. The molecule has 25 heavy (non-hydrogen) atoms. The zero-order chi connectivity index (χ0) is 15.6. The first-order chi connectivity index (χ1) is 11.3. The molecule has 0 saturated carbocycles. The number of hydrogen-bond acceptors (Lipinski definition) is 5. The SMILES string of the molecule is Cl.Cl.Clc1cc2c(cc1[C@@H](C1CCOCC1)N1CCNCC1)OCO2. The number of benzene rings is 1. The number of fused-ring (bicyclic) bond motifs is 1. The Morgan fingerprint density at radius 1 is 1.04 bits per heavy atom. The first-order valence-electron chi connectivity index (χ1n) is 8.44. The van der Waals surface area contributed by atoms with E-state index in [2.05, 4.69) is 16.3 Å². The molecule has 0 aromatic heterocycles. The molecule has 0 radical (unpaired) electrons. The summed E-state index contributed by atoms with van der Waals surface area (Å²) >= 11 is 6.63. The second-order valence-corrected chi connectivity index (χ2v) is 6.81. The number of halogens is 3. The molecule has 0 spiro atoms. The highest BCUT2D eigenvalue weighted by molar-refractivity contribution is 6.31. The van der Waals surface area contributed by atoms with E-state index < -0.39 is 0 Å². The van der Waals surface area contributed by atoms with Crippen molar-refractivity contribution in [3.05, 3.63) is 22.7 Å². The van der Waals surface area contributed by atoms with E-state index in [-0.39, 0.29) is 31.6 Å². The molecule has 0 bridgehead atoms. The molecule has 0 unspecified atom stereocenters. The van der Waals surface area contributed by atoms with Crippen molar-refractivity contribution >= 4 is 36.4 Å². The molecule has 3 aliphatic heterocycles. The predicted molar refractivity (Wildman–Crippen MR) is 103 cm³/mol. The van der Waals surface area contributed by atoms with Crippen LogP contribution in [0.1, 0.15) is 24.4 Å². The van der Waals surface area contributed by atoms with Crippen LogP contribution >= 0.6 is 36.4 Å². The van der Waals surface area contributed by atoms with Gasteiger partial charge in [-0.05, 0) is 30.4 Å². The van der Waals surface area contributed by atoms with Crippen molar-refractivity contribution in [3.63, 3.8) is 0 Å². The van der Waals surface area contributed by atoms with Crippen molar-refractivity contribution in [1.29, 1.82) is 0 Å². The number of rotatable bonds is 3. The molecule has 0 aliphatic carbocycles. The lowest BCUT2D eigenvalue weighted by Crippen LogP contribution is -2.47. The van der Waals surface area contributed by atoms with Gasteiger partial charge in [-0.2, -0.15) is 0 Å². The Kier molecular flexibility index (Phi) is 7.92. The highest BCUT2D eigenvalue weighted by atomic mass is 35.5. The third kappa shape index (κ3) is 4.46. The average molecular weight is 412 g/mol. The van der Waals surface area contributed by atoms with E-state index in [1.165, 1.54) is 5.56 Å². The zero-order valence-electron chi connectivity index (χ0n) is 14.0. The zero-order valence-corrected chi connectivity index (χ0v) is 16.4. The monoisotopic (exact) mass is 410 g/mol. The summed E-state index contributed by atoms with van der Waals surface area (Å²) in [5.41, 5.74) is 1.17. The fourth-order valence-electron chi connectivity index (χ4n) is 3.90.